The highest BCUT2D eigenvalue weighted by atomic mass is 32.2. The number of rotatable bonds is 4. The van der Waals surface area contributed by atoms with Crippen molar-refractivity contribution in [2.24, 2.45) is 17.8 Å². The molecular weight excluding hydrogens is 196 g/mol. The van der Waals surface area contributed by atoms with E-state index in [2.05, 4.69) is 0 Å². The molecule has 2 bridgehead atoms. The summed E-state index contributed by atoms with van der Waals surface area (Å²) in [4.78, 5) is 11.7. The summed E-state index contributed by atoms with van der Waals surface area (Å²) in [6.07, 6.45) is 7.02. The van der Waals surface area contributed by atoms with Crippen LogP contribution in [0.15, 0.2) is 0 Å². The van der Waals surface area contributed by atoms with Gasteiger partial charge in [0.2, 0.25) is 0 Å². The molecule has 80 valence electrons. The lowest BCUT2D eigenvalue weighted by molar-refractivity contribution is -0.149. The molecule has 3 unspecified atom stereocenters. The van der Waals surface area contributed by atoms with Crippen molar-refractivity contribution in [1.82, 2.24) is 0 Å². The molecule has 2 saturated carbocycles. The second-order valence-electron chi connectivity index (χ2n) is 4.44. The van der Waals surface area contributed by atoms with Crippen molar-refractivity contribution < 1.29 is 9.53 Å². The minimum absolute atomic E-state index is 0.0752. The van der Waals surface area contributed by atoms with Gasteiger partial charge in [0, 0.05) is 5.75 Å². The SMILES string of the molecule is CSCCOC(=O)C1CC2CCC1C2. The Hall–Kier alpha value is -0.180. The van der Waals surface area contributed by atoms with E-state index in [0.29, 0.717) is 12.5 Å². The summed E-state index contributed by atoms with van der Waals surface area (Å²) in [6, 6.07) is 0. The predicted octanol–water partition coefficient (Wildman–Crippen LogP) is 2.33. The molecule has 0 heterocycles. The fourth-order valence-corrected chi connectivity index (χ4v) is 3.12. The Kier molecular flexibility index (Phi) is 3.37. The van der Waals surface area contributed by atoms with E-state index in [-0.39, 0.29) is 11.9 Å². The van der Waals surface area contributed by atoms with E-state index in [4.69, 9.17) is 4.74 Å². The summed E-state index contributed by atoms with van der Waals surface area (Å²) in [5.41, 5.74) is 0. The first kappa shape index (κ1) is 10.3. The molecule has 0 aromatic heterocycles. The van der Waals surface area contributed by atoms with Crippen molar-refractivity contribution in [3.05, 3.63) is 0 Å². The van der Waals surface area contributed by atoms with Gasteiger partial charge in [-0.2, -0.15) is 11.8 Å². The predicted molar refractivity (Wildman–Crippen MR) is 58.3 cm³/mol. The van der Waals surface area contributed by atoms with E-state index >= 15 is 0 Å². The maximum absolute atomic E-state index is 11.7. The summed E-state index contributed by atoms with van der Waals surface area (Å²) in [5.74, 6) is 2.73. The molecule has 0 saturated heterocycles. The van der Waals surface area contributed by atoms with Crippen LogP contribution in [0.1, 0.15) is 25.7 Å². The molecule has 14 heavy (non-hydrogen) atoms. The van der Waals surface area contributed by atoms with Crippen molar-refractivity contribution >= 4 is 17.7 Å². The number of thioether (sulfide) groups is 1. The Morgan fingerprint density at radius 3 is 2.86 bits per heavy atom. The topological polar surface area (TPSA) is 26.3 Å². The minimum Gasteiger partial charge on any atom is -0.465 e. The molecule has 3 heteroatoms. The molecule has 0 aromatic rings. The summed E-state index contributed by atoms with van der Waals surface area (Å²) in [7, 11) is 0. The lowest BCUT2D eigenvalue weighted by Crippen LogP contribution is -2.23. The smallest absolute Gasteiger partial charge is 0.309 e. The van der Waals surface area contributed by atoms with Gasteiger partial charge in [-0.15, -0.1) is 0 Å². The number of esters is 1. The highest BCUT2D eigenvalue weighted by molar-refractivity contribution is 7.98. The van der Waals surface area contributed by atoms with E-state index in [9.17, 15) is 4.79 Å². The van der Waals surface area contributed by atoms with Gasteiger partial charge in [-0.1, -0.05) is 6.42 Å². The van der Waals surface area contributed by atoms with Crippen LogP contribution in [0.5, 0.6) is 0 Å². The maximum atomic E-state index is 11.7. The third-order valence-electron chi connectivity index (χ3n) is 3.57. The molecule has 0 spiro atoms. The molecule has 0 N–H and O–H groups in total. The van der Waals surface area contributed by atoms with Gasteiger partial charge in [0.25, 0.3) is 0 Å². The zero-order valence-corrected chi connectivity index (χ0v) is 9.52. The van der Waals surface area contributed by atoms with Crippen molar-refractivity contribution in [1.29, 1.82) is 0 Å². The highest BCUT2D eigenvalue weighted by Gasteiger charge is 2.43. The van der Waals surface area contributed by atoms with Gasteiger partial charge in [0.1, 0.15) is 6.61 Å². The van der Waals surface area contributed by atoms with Crippen LogP contribution < -0.4 is 0 Å². The highest BCUT2D eigenvalue weighted by Crippen LogP contribution is 2.48. The van der Waals surface area contributed by atoms with Gasteiger partial charge in [0.05, 0.1) is 5.92 Å². The summed E-state index contributed by atoms with van der Waals surface area (Å²) < 4.78 is 5.26. The third kappa shape index (κ3) is 2.08. The van der Waals surface area contributed by atoms with E-state index in [0.717, 1.165) is 18.1 Å². The number of ether oxygens (including phenoxy) is 1. The molecule has 2 aliphatic carbocycles. The van der Waals surface area contributed by atoms with E-state index in [1.165, 1.54) is 19.3 Å². The maximum Gasteiger partial charge on any atom is 0.309 e. The van der Waals surface area contributed by atoms with Crippen LogP contribution >= 0.6 is 11.8 Å². The average Bonchev–Trinajstić information content (AvgIpc) is 2.79. The normalized spacial score (nSPS) is 34.8. The van der Waals surface area contributed by atoms with Gasteiger partial charge in [-0.05, 0) is 37.4 Å². The number of carbonyl (C=O) groups excluding carboxylic acids is 1. The van der Waals surface area contributed by atoms with Gasteiger partial charge in [-0.25, -0.2) is 0 Å². The molecule has 3 atom stereocenters. The van der Waals surface area contributed by atoms with Crippen LogP contribution in [0.4, 0.5) is 0 Å². The Morgan fingerprint density at radius 2 is 2.29 bits per heavy atom. The first-order valence-corrected chi connectivity index (χ1v) is 6.86. The van der Waals surface area contributed by atoms with Crippen LogP contribution in [0.2, 0.25) is 0 Å². The zero-order valence-electron chi connectivity index (χ0n) is 8.70. The first-order chi connectivity index (χ1) is 6.81. The second-order valence-corrected chi connectivity index (χ2v) is 5.43. The second kappa shape index (κ2) is 4.56. The third-order valence-corrected chi connectivity index (χ3v) is 4.15. The van der Waals surface area contributed by atoms with Crippen LogP contribution in [-0.4, -0.2) is 24.6 Å². The van der Waals surface area contributed by atoms with E-state index in [1.807, 2.05) is 6.26 Å². The summed E-state index contributed by atoms with van der Waals surface area (Å²) in [6.45, 7) is 0.591. The number of carbonyl (C=O) groups is 1. The number of hydrogen-bond donors (Lipinski definition) is 0. The Morgan fingerprint density at radius 1 is 1.43 bits per heavy atom. The Labute approximate surface area is 89.8 Å². The molecule has 0 aromatic carbocycles. The molecule has 2 nitrogen and oxygen atoms in total. The standard InChI is InChI=1S/C11H18O2S/c1-14-5-4-13-11(12)10-7-8-2-3-9(10)6-8/h8-10H,2-7H2,1H3. The molecule has 2 fully saturated rings. The van der Waals surface area contributed by atoms with Crippen molar-refractivity contribution in [3.8, 4) is 0 Å². The summed E-state index contributed by atoms with van der Waals surface area (Å²) >= 11 is 1.72. The lowest BCUT2D eigenvalue weighted by Gasteiger charge is -2.19. The number of fused-ring (bicyclic) bond motifs is 2. The van der Waals surface area contributed by atoms with Crippen LogP contribution in [0.25, 0.3) is 0 Å². The van der Waals surface area contributed by atoms with Crippen molar-refractivity contribution in [3.63, 3.8) is 0 Å². The minimum atomic E-state index is 0.0752. The monoisotopic (exact) mass is 214 g/mol. The molecule has 2 aliphatic rings. The van der Waals surface area contributed by atoms with Crippen molar-refractivity contribution in [2.45, 2.75) is 25.7 Å². The van der Waals surface area contributed by atoms with E-state index < -0.39 is 0 Å². The molecule has 2 rings (SSSR count). The summed E-state index contributed by atoms with van der Waals surface area (Å²) in [5, 5.41) is 0. The fraction of sp³-hybridized carbons (Fsp3) is 0.909. The molecule has 0 aliphatic heterocycles. The van der Waals surface area contributed by atoms with Gasteiger partial charge >= 0.3 is 5.97 Å². The molecule has 0 amide bonds. The number of hydrogen-bond acceptors (Lipinski definition) is 3. The lowest BCUT2D eigenvalue weighted by atomic mass is 9.89. The van der Waals surface area contributed by atoms with Gasteiger partial charge < -0.3 is 4.74 Å². The van der Waals surface area contributed by atoms with Crippen molar-refractivity contribution in [2.75, 3.05) is 18.6 Å². The first-order valence-electron chi connectivity index (χ1n) is 5.47. The van der Waals surface area contributed by atoms with Crippen LogP contribution in [-0.2, 0) is 9.53 Å². The van der Waals surface area contributed by atoms with Crippen LogP contribution in [0, 0.1) is 17.8 Å². The zero-order chi connectivity index (χ0) is 9.97. The van der Waals surface area contributed by atoms with Gasteiger partial charge in [-0.3, -0.25) is 4.79 Å². The molecular formula is C11H18O2S. The fourth-order valence-electron chi connectivity index (χ4n) is 2.87. The largest absolute Gasteiger partial charge is 0.465 e. The quantitative estimate of drug-likeness (QED) is 0.531. The Balaban J connectivity index is 1.75. The van der Waals surface area contributed by atoms with Crippen LogP contribution in [0.3, 0.4) is 0 Å². The Bertz CT molecular complexity index is 217. The van der Waals surface area contributed by atoms with E-state index in [1.54, 1.807) is 11.8 Å². The average molecular weight is 214 g/mol. The van der Waals surface area contributed by atoms with Gasteiger partial charge in [0.15, 0.2) is 0 Å². The molecule has 0 radical (unpaired) electrons.